The molecule has 0 atom stereocenters. The van der Waals surface area contributed by atoms with Crippen molar-refractivity contribution < 1.29 is 0 Å². The van der Waals surface area contributed by atoms with E-state index < -0.39 is 0 Å². The first-order chi connectivity index (χ1) is 6.75. The fraction of sp³-hybridized carbons (Fsp3) is 0.100. The van der Waals surface area contributed by atoms with Crippen LogP contribution in [-0.4, -0.2) is 9.97 Å². The second kappa shape index (κ2) is 3.72. The summed E-state index contributed by atoms with van der Waals surface area (Å²) in [6.45, 7) is 0. The summed E-state index contributed by atoms with van der Waals surface area (Å²) in [5.41, 5.74) is 6.70. The van der Waals surface area contributed by atoms with Crippen LogP contribution in [0.4, 0.5) is 5.82 Å². The molecule has 0 radical (unpaired) electrons. The first-order valence-electron chi connectivity index (χ1n) is 4.29. The summed E-state index contributed by atoms with van der Waals surface area (Å²) in [7, 11) is 0. The maximum atomic E-state index is 5.75. The lowest BCUT2D eigenvalue weighted by atomic mass is 10.1. The molecule has 0 amide bonds. The zero-order valence-electron chi connectivity index (χ0n) is 7.50. The molecule has 1 heterocycles. The molecule has 0 spiro atoms. The number of nitrogens with zero attached hydrogens (tertiary/aromatic N) is 1. The van der Waals surface area contributed by atoms with Gasteiger partial charge in [-0.25, -0.2) is 4.98 Å². The van der Waals surface area contributed by atoms with E-state index in [9.17, 15) is 0 Å². The number of imidazole rings is 1. The smallest absolute Gasteiger partial charge is 0.161 e. The van der Waals surface area contributed by atoms with Crippen molar-refractivity contribution in [2.75, 3.05) is 5.73 Å². The summed E-state index contributed by atoms with van der Waals surface area (Å²) in [6.07, 6.45) is 0.720. The number of aromatic amines is 1. The van der Waals surface area contributed by atoms with Gasteiger partial charge in [-0.2, -0.15) is 0 Å². The molecule has 72 valence electrons. The number of anilines is 1. The average molecular weight is 208 g/mol. The summed E-state index contributed by atoms with van der Waals surface area (Å²) >= 11 is 5.75. The molecule has 14 heavy (non-hydrogen) atoms. The molecule has 0 saturated carbocycles. The fourth-order valence-electron chi connectivity index (χ4n) is 1.29. The van der Waals surface area contributed by atoms with Crippen molar-refractivity contribution in [3.63, 3.8) is 0 Å². The third-order valence-corrected chi connectivity index (χ3v) is 2.24. The molecule has 3 N–H and O–H groups in total. The standard InChI is InChI=1S/C10H10ClN3/c11-9-10(12)14-8(13-9)6-7-4-2-1-3-5-7/h1-5H,6,12H2,(H,13,14). The van der Waals surface area contributed by atoms with Gasteiger partial charge in [-0.1, -0.05) is 41.9 Å². The van der Waals surface area contributed by atoms with Gasteiger partial charge in [-0.15, -0.1) is 0 Å². The van der Waals surface area contributed by atoms with Crippen molar-refractivity contribution in [3.8, 4) is 0 Å². The number of nitrogens with two attached hydrogens (primary N) is 1. The van der Waals surface area contributed by atoms with E-state index in [1.54, 1.807) is 0 Å². The van der Waals surface area contributed by atoms with E-state index in [4.69, 9.17) is 17.3 Å². The Kier molecular flexibility index (Phi) is 2.41. The predicted octanol–water partition coefficient (Wildman–Crippen LogP) is 2.24. The highest BCUT2D eigenvalue weighted by Gasteiger charge is 2.04. The summed E-state index contributed by atoms with van der Waals surface area (Å²) in [4.78, 5) is 7.02. The molecule has 3 nitrogen and oxygen atoms in total. The number of aromatic nitrogens is 2. The van der Waals surface area contributed by atoms with Crippen LogP contribution in [0.3, 0.4) is 0 Å². The molecule has 0 aliphatic rings. The number of benzene rings is 1. The second-order valence-corrected chi connectivity index (χ2v) is 3.42. The Morgan fingerprint density at radius 3 is 2.57 bits per heavy atom. The Morgan fingerprint density at radius 2 is 2.00 bits per heavy atom. The topological polar surface area (TPSA) is 54.7 Å². The molecule has 1 aromatic carbocycles. The largest absolute Gasteiger partial charge is 0.381 e. The molecule has 0 unspecified atom stereocenters. The van der Waals surface area contributed by atoms with Gasteiger partial charge in [-0.3, -0.25) is 0 Å². The number of halogens is 1. The predicted molar refractivity (Wildman–Crippen MR) is 57.3 cm³/mol. The normalized spacial score (nSPS) is 10.4. The summed E-state index contributed by atoms with van der Waals surface area (Å²) in [5, 5.41) is 0.413. The van der Waals surface area contributed by atoms with Crippen LogP contribution in [0.2, 0.25) is 5.15 Å². The van der Waals surface area contributed by atoms with E-state index in [1.807, 2.05) is 30.3 Å². The molecule has 0 aliphatic carbocycles. The number of nitrogen functional groups attached to an aromatic ring is 1. The van der Waals surface area contributed by atoms with Gasteiger partial charge in [0.25, 0.3) is 0 Å². The first-order valence-corrected chi connectivity index (χ1v) is 4.67. The molecule has 0 fully saturated rings. The van der Waals surface area contributed by atoms with Crippen LogP contribution in [0.1, 0.15) is 11.4 Å². The molecule has 1 aromatic heterocycles. The zero-order chi connectivity index (χ0) is 9.97. The quantitative estimate of drug-likeness (QED) is 0.794. The van der Waals surface area contributed by atoms with E-state index in [1.165, 1.54) is 5.56 Å². The van der Waals surface area contributed by atoms with Crippen LogP contribution in [0.25, 0.3) is 0 Å². The zero-order valence-corrected chi connectivity index (χ0v) is 8.25. The molecule has 0 bridgehead atoms. The Labute approximate surface area is 86.9 Å². The van der Waals surface area contributed by atoms with Crippen molar-refractivity contribution >= 4 is 17.4 Å². The van der Waals surface area contributed by atoms with Crippen molar-refractivity contribution in [2.45, 2.75) is 6.42 Å². The van der Waals surface area contributed by atoms with Gasteiger partial charge < -0.3 is 10.7 Å². The molecule has 2 aromatic rings. The number of nitrogens with one attached hydrogen (secondary N) is 1. The van der Waals surface area contributed by atoms with Crippen molar-refractivity contribution in [2.24, 2.45) is 0 Å². The summed E-state index contributed by atoms with van der Waals surface area (Å²) in [5.74, 6) is 1.15. The van der Waals surface area contributed by atoms with Gasteiger partial charge in [0, 0.05) is 6.42 Å². The summed E-state index contributed by atoms with van der Waals surface area (Å²) in [6, 6.07) is 10.0. The van der Waals surface area contributed by atoms with Crippen LogP contribution < -0.4 is 5.73 Å². The highest BCUT2D eigenvalue weighted by atomic mass is 35.5. The first kappa shape index (κ1) is 9.09. The number of hydrogen-bond donors (Lipinski definition) is 2. The van der Waals surface area contributed by atoms with E-state index >= 15 is 0 Å². The molecule has 0 aliphatic heterocycles. The van der Waals surface area contributed by atoms with Crippen molar-refractivity contribution in [3.05, 3.63) is 46.9 Å². The monoisotopic (exact) mass is 207 g/mol. The van der Waals surface area contributed by atoms with Crippen LogP contribution >= 0.6 is 11.6 Å². The van der Waals surface area contributed by atoms with Crippen LogP contribution in [0.15, 0.2) is 30.3 Å². The Morgan fingerprint density at radius 1 is 1.29 bits per heavy atom. The number of hydrogen-bond acceptors (Lipinski definition) is 2. The molecular formula is C10H10ClN3. The lowest BCUT2D eigenvalue weighted by Gasteiger charge is -1.95. The molecule has 4 heteroatoms. The SMILES string of the molecule is Nc1nc(Cc2ccccc2)[nH]c1Cl. The molecule has 2 rings (SSSR count). The minimum absolute atomic E-state index is 0.359. The lowest BCUT2D eigenvalue weighted by Crippen LogP contribution is -1.90. The lowest BCUT2D eigenvalue weighted by molar-refractivity contribution is 1.03. The molecule has 0 saturated heterocycles. The Balaban J connectivity index is 2.19. The van der Waals surface area contributed by atoms with Gasteiger partial charge in [-0.05, 0) is 5.56 Å². The number of rotatable bonds is 2. The average Bonchev–Trinajstić information content (AvgIpc) is 2.47. The Bertz CT molecular complexity index is 403. The number of H-pyrrole nitrogens is 1. The maximum absolute atomic E-state index is 5.75. The van der Waals surface area contributed by atoms with Crippen molar-refractivity contribution in [1.82, 2.24) is 9.97 Å². The van der Waals surface area contributed by atoms with Gasteiger partial charge in [0.2, 0.25) is 0 Å². The fourth-order valence-corrected chi connectivity index (χ4v) is 1.44. The van der Waals surface area contributed by atoms with Crippen LogP contribution in [0.5, 0.6) is 0 Å². The third-order valence-electron chi connectivity index (χ3n) is 1.95. The third kappa shape index (κ3) is 1.88. The minimum atomic E-state index is 0.359. The van der Waals surface area contributed by atoms with Gasteiger partial charge in [0.05, 0.1) is 0 Å². The van der Waals surface area contributed by atoms with Gasteiger partial charge in [0.1, 0.15) is 11.0 Å². The Hall–Kier alpha value is -1.48. The van der Waals surface area contributed by atoms with Gasteiger partial charge in [0.15, 0.2) is 5.82 Å². The van der Waals surface area contributed by atoms with E-state index in [0.29, 0.717) is 11.0 Å². The summed E-state index contributed by atoms with van der Waals surface area (Å²) < 4.78 is 0. The van der Waals surface area contributed by atoms with E-state index in [-0.39, 0.29) is 0 Å². The van der Waals surface area contributed by atoms with Crippen molar-refractivity contribution in [1.29, 1.82) is 0 Å². The van der Waals surface area contributed by atoms with E-state index in [2.05, 4.69) is 9.97 Å². The minimum Gasteiger partial charge on any atom is -0.381 e. The molecular weight excluding hydrogens is 198 g/mol. The maximum Gasteiger partial charge on any atom is 0.161 e. The van der Waals surface area contributed by atoms with E-state index in [0.717, 1.165) is 12.2 Å². The van der Waals surface area contributed by atoms with Crippen LogP contribution in [0, 0.1) is 0 Å². The second-order valence-electron chi connectivity index (χ2n) is 3.05. The van der Waals surface area contributed by atoms with Crippen LogP contribution in [-0.2, 0) is 6.42 Å². The highest BCUT2D eigenvalue weighted by molar-refractivity contribution is 6.31. The van der Waals surface area contributed by atoms with Gasteiger partial charge >= 0.3 is 0 Å². The highest BCUT2D eigenvalue weighted by Crippen LogP contribution is 2.16.